The average molecular weight is 224 g/mol. The summed E-state index contributed by atoms with van der Waals surface area (Å²) in [6.07, 6.45) is 6.11. The summed E-state index contributed by atoms with van der Waals surface area (Å²) in [7, 11) is 2.29. The average Bonchev–Trinajstić information content (AvgIpc) is 2.78. The van der Waals surface area contributed by atoms with Crippen LogP contribution in [0.2, 0.25) is 0 Å². The summed E-state index contributed by atoms with van der Waals surface area (Å²) in [5.41, 5.74) is 0. The molecular weight excluding hydrogens is 196 g/mol. The maximum Gasteiger partial charge on any atom is 0.0104 e. The van der Waals surface area contributed by atoms with Crippen LogP contribution in [0.1, 0.15) is 39.5 Å². The van der Waals surface area contributed by atoms with Gasteiger partial charge in [0.25, 0.3) is 0 Å². The van der Waals surface area contributed by atoms with Gasteiger partial charge in [0.1, 0.15) is 0 Å². The van der Waals surface area contributed by atoms with E-state index in [1.807, 2.05) is 0 Å². The minimum absolute atomic E-state index is 0.621. The molecular formula is C14H28N2. The van der Waals surface area contributed by atoms with E-state index in [9.17, 15) is 0 Å². The van der Waals surface area contributed by atoms with E-state index in [2.05, 4.69) is 31.1 Å². The first-order valence-electron chi connectivity index (χ1n) is 7.07. The Bertz CT molecular complexity index is 215. The first kappa shape index (κ1) is 12.4. The number of fused-ring (bicyclic) bond motifs is 2. The van der Waals surface area contributed by atoms with E-state index < -0.39 is 0 Å². The topological polar surface area (TPSA) is 15.3 Å². The molecule has 0 aromatic carbocycles. The quantitative estimate of drug-likeness (QED) is 0.745. The molecule has 94 valence electrons. The third-order valence-corrected chi connectivity index (χ3v) is 4.48. The second kappa shape index (κ2) is 5.50. The zero-order valence-electron chi connectivity index (χ0n) is 11.2. The van der Waals surface area contributed by atoms with Crippen LogP contribution in [-0.4, -0.2) is 37.6 Å². The normalized spacial score (nSPS) is 33.2. The molecule has 0 spiro atoms. The van der Waals surface area contributed by atoms with Gasteiger partial charge in [-0.05, 0) is 44.1 Å². The molecule has 1 N–H and O–H groups in total. The molecule has 0 heterocycles. The summed E-state index contributed by atoms with van der Waals surface area (Å²) in [5, 5.41) is 3.49. The maximum atomic E-state index is 3.49. The fourth-order valence-electron chi connectivity index (χ4n) is 3.64. The van der Waals surface area contributed by atoms with Crippen LogP contribution >= 0.6 is 0 Å². The summed E-state index contributed by atoms with van der Waals surface area (Å²) in [5.74, 6) is 3.19. The van der Waals surface area contributed by atoms with Crippen molar-refractivity contribution in [1.29, 1.82) is 0 Å². The highest BCUT2D eigenvalue weighted by Gasteiger charge is 2.39. The molecule has 0 amide bonds. The zero-order chi connectivity index (χ0) is 11.5. The lowest BCUT2D eigenvalue weighted by atomic mass is 9.88. The van der Waals surface area contributed by atoms with E-state index in [-0.39, 0.29) is 0 Å². The molecule has 3 atom stereocenters. The van der Waals surface area contributed by atoms with Gasteiger partial charge >= 0.3 is 0 Å². The van der Waals surface area contributed by atoms with Crippen molar-refractivity contribution in [2.45, 2.75) is 45.6 Å². The Morgan fingerprint density at radius 2 is 2.06 bits per heavy atom. The molecule has 2 nitrogen and oxygen atoms in total. The van der Waals surface area contributed by atoms with Gasteiger partial charge in [0.05, 0.1) is 0 Å². The Kier molecular flexibility index (Phi) is 4.26. The molecule has 16 heavy (non-hydrogen) atoms. The monoisotopic (exact) mass is 224 g/mol. The van der Waals surface area contributed by atoms with Gasteiger partial charge < -0.3 is 10.2 Å². The van der Waals surface area contributed by atoms with Gasteiger partial charge in [-0.15, -0.1) is 0 Å². The van der Waals surface area contributed by atoms with E-state index in [1.54, 1.807) is 6.42 Å². The number of nitrogens with zero attached hydrogens (tertiary/aromatic N) is 1. The first-order chi connectivity index (χ1) is 7.65. The van der Waals surface area contributed by atoms with Crippen LogP contribution in [0.3, 0.4) is 0 Å². The highest BCUT2D eigenvalue weighted by molar-refractivity contribution is 4.90. The van der Waals surface area contributed by atoms with Crippen LogP contribution in [0.4, 0.5) is 0 Å². The Labute approximate surface area is 101 Å². The minimum atomic E-state index is 0.621. The smallest absolute Gasteiger partial charge is 0.0104 e. The Morgan fingerprint density at radius 3 is 2.62 bits per heavy atom. The van der Waals surface area contributed by atoms with Crippen molar-refractivity contribution in [1.82, 2.24) is 10.2 Å². The van der Waals surface area contributed by atoms with Crippen LogP contribution in [0, 0.1) is 17.8 Å². The molecule has 0 aliphatic heterocycles. The molecule has 2 aliphatic rings. The van der Waals surface area contributed by atoms with Crippen molar-refractivity contribution in [2.24, 2.45) is 17.8 Å². The molecule has 0 aromatic heterocycles. The summed E-state index contributed by atoms with van der Waals surface area (Å²) in [6.45, 7) is 8.11. The van der Waals surface area contributed by atoms with Gasteiger partial charge in [-0.25, -0.2) is 0 Å². The van der Waals surface area contributed by atoms with Crippen LogP contribution in [0.15, 0.2) is 0 Å². The molecule has 2 rings (SSSR count). The predicted octanol–water partition coefficient (Wildman–Crippen LogP) is 2.35. The van der Waals surface area contributed by atoms with Crippen molar-refractivity contribution >= 4 is 0 Å². The maximum absolute atomic E-state index is 3.49. The molecule has 0 saturated heterocycles. The number of likely N-dealkylation sites (N-methyl/N-ethyl adjacent to an activating group) is 1. The zero-order valence-corrected chi connectivity index (χ0v) is 11.2. The van der Waals surface area contributed by atoms with Gasteiger partial charge in [0, 0.05) is 25.7 Å². The third-order valence-electron chi connectivity index (χ3n) is 4.48. The predicted molar refractivity (Wildman–Crippen MR) is 69.6 cm³/mol. The first-order valence-corrected chi connectivity index (χ1v) is 7.07. The molecule has 2 saturated carbocycles. The van der Waals surface area contributed by atoms with Crippen molar-refractivity contribution in [3.05, 3.63) is 0 Å². The van der Waals surface area contributed by atoms with Crippen molar-refractivity contribution in [3.8, 4) is 0 Å². The highest BCUT2D eigenvalue weighted by atomic mass is 15.1. The lowest BCUT2D eigenvalue weighted by Crippen LogP contribution is -2.36. The number of hydrogen-bond donors (Lipinski definition) is 1. The largest absolute Gasteiger partial charge is 0.313 e. The van der Waals surface area contributed by atoms with Crippen LogP contribution < -0.4 is 5.32 Å². The van der Waals surface area contributed by atoms with Crippen molar-refractivity contribution in [2.75, 3.05) is 26.7 Å². The highest BCUT2D eigenvalue weighted by Crippen LogP contribution is 2.48. The number of rotatable bonds is 6. The lowest BCUT2D eigenvalue weighted by molar-refractivity contribution is 0.219. The minimum Gasteiger partial charge on any atom is -0.313 e. The summed E-state index contributed by atoms with van der Waals surface area (Å²) in [6, 6.07) is 0.621. The Balaban J connectivity index is 1.62. The molecule has 2 fully saturated rings. The fourth-order valence-corrected chi connectivity index (χ4v) is 3.64. The Morgan fingerprint density at radius 1 is 1.25 bits per heavy atom. The molecule has 0 radical (unpaired) electrons. The van der Waals surface area contributed by atoms with Crippen molar-refractivity contribution < 1.29 is 0 Å². The second-order valence-corrected chi connectivity index (χ2v) is 6.31. The van der Waals surface area contributed by atoms with Crippen LogP contribution in [-0.2, 0) is 0 Å². The van der Waals surface area contributed by atoms with E-state index in [0.717, 1.165) is 24.3 Å². The van der Waals surface area contributed by atoms with Gasteiger partial charge in [-0.3, -0.25) is 0 Å². The summed E-state index contributed by atoms with van der Waals surface area (Å²) in [4.78, 5) is 2.53. The fraction of sp³-hybridized carbons (Fsp3) is 1.00. The van der Waals surface area contributed by atoms with E-state index in [1.165, 1.54) is 32.4 Å². The Hall–Kier alpha value is -0.0800. The lowest BCUT2D eigenvalue weighted by Gasteiger charge is -2.27. The molecule has 2 heteroatoms. The van der Waals surface area contributed by atoms with E-state index in [0.29, 0.717) is 6.04 Å². The summed E-state index contributed by atoms with van der Waals surface area (Å²) < 4.78 is 0. The van der Waals surface area contributed by atoms with Crippen LogP contribution in [0.25, 0.3) is 0 Å². The molecule has 3 unspecified atom stereocenters. The number of hydrogen-bond acceptors (Lipinski definition) is 2. The molecule has 0 aromatic rings. The van der Waals surface area contributed by atoms with Crippen molar-refractivity contribution in [3.63, 3.8) is 0 Å². The summed E-state index contributed by atoms with van der Waals surface area (Å²) >= 11 is 0. The van der Waals surface area contributed by atoms with Crippen LogP contribution in [0.5, 0.6) is 0 Å². The SMILES string of the molecule is CC(C)NCCN(C)CC1CC2CCC1C2. The van der Waals surface area contributed by atoms with E-state index >= 15 is 0 Å². The van der Waals surface area contributed by atoms with E-state index in [4.69, 9.17) is 0 Å². The van der Waals surface area contributed by atoms with Gasteiger partial charge in [0.15, 0.2) is 0 Å². The second-order valence-electron chi connectivity index (χ2n) is 6.31. The molecule has 2 aliphatic carbocycles. The van der Waals surface area contributed by atoms with Gasteiger partial charge in [-0.1, -0.05) is 20.3 Å². The number of nitrogens with one attached hydrogen (secondary N) is 1. The standard InChI is InChI=1S/C14H28N2/c1-11(2)15-6-7-16(3)10-14-9-12-4-5-13(14)8-12/h11-15H,4-10H2,1-3H3. The molecule has 2 bridgehead atoms. The third kappa shape index (κ3) is 3.21. The van der Waals surface area contributed by atoms with Gasteiger partial charge in [0.2, 0.25) is 0 Å². The van der Waals surface area contributed by atoms with Gasteiger partial charge in [-0.2, -0.15) is 0 Å².